The average molecular weight is 181 g/mol. The van der Waals surface area contributed by atoms with Crippen LogP contribution in [0.2, 0.25) is 0 Å². The first-order valence-corrected chi connectivity index (χ1v) is 3.90. The van der Waals surface area contributed by atoms with E-state index in [0.29, 0.717) is 6.42 Å². The third kappa shape index (κ3) is 12.5. The normalized spacial score (nSPS) is 14.5. The minimum atomic E-state index is -0.731. The van der Waals surface area contributed by atoms with Crippen molar-refractivity contribution in [2.75, 3.05) is 19.8 Å². The number of aliphatic hydroxyl groups is 4. The van der Waals surface area contributed by atoms with Crippen LogP contribution >= 0.6 is 0 Å². The molecule has 6 N–H and O–H groups in total. The number of hydrogen-bond acceptors (Lipinski definition) is 5. The largest absolute Gasteiger partial charge is 0.394 e. The van der Waals surface area contributed by atoms with Gasteiger partial charge in [0.1, 0.15) is 0 Å². The molecule has 0 rings (SSSR count). The van der Waals surface area contributed by atoms with Gasteiger partial charge in [0, 0.05) is 6.54 Å². The summed E-state index contributed by atoms with van der Waals surface area (Å²) >= 11 is 0. The van der Waals surface area contributed by atoms with E-state index < -0.39 is 12.2 Å². The number of hydrogen-bond donors (Lipinski definition) is 5. The Balaban J connectivity index is 0. The van der Waals surface area contributed by atoms with Gasteiger partial charge in [0.15, 0.2) is 0 Å². The van der Waals surface area contributed by atoms with Crippen molar-refractivity contribution in [3.05, 3.63) is 0 Å². The molecule has 0 aromatic heterocycles. The molecule has 2 atom stereocenters. The molecule has 0 amide bonds. The third-order valence-electron chi connectivity index (χ3n) is 1.16. The minimum absolute atomic E-state index is 0.115. The molecule has 0 bridgehead atoms. The lowest BCUT2D eigenvalue weighted by atomic mass is 10.3. The van der Waals surface area contributed by atoms with Gasteiger partial charge in [-0.05, 0) is 6.42 Å². The molecule has 0 aliphatic carbocycles. The van der Waals surface area contributed by atoms with E-state index in [9.17, 15) is 0 Å². The summed E-state index contributed by atoms with van der Waals surface area (Å²) in [5.74, 6) is 0. The molecule has 76 valence electrons. The second-order valence-corrected chi connectivity index (χ2v) is 2.32. The fraction of sp³-hybridized carbons (Fsp3) is 1.00. The van der Waals surface area contributed by atoms with Crippen LogP contribution in [0.5, 0.6) is 0 Å². The number of rotatable bonds is 4. The summed E-state index contributed by atoms with van der Waals surface area (Å²) in [7, 11) is 0. The van der Waals surface area contributed by atoms with Gasteiger partial charge >= 0.3 is 0 Å². The van der Waals surface area contributed by atoms with Gasteiger partial charge in [-0.25, -0.2) is 0 Å². The Bertz CT molecular complexity index is 63.8. The molecule has 0 heterocycles. The Labute approximate surface area is 72.5 Å². The van der Waals surface area contributed by atoms with Crippen molar-refractivity contribution >= 4 is 0 Å². The smallest absolute Gasteiger partial charge is 0.0892 e. The maximum Gasteiger partial charge on any atom is 0.0892 e. The van der Waals surface area contributed by atoms with Gasteiger partial charge in [-0.3, -0.25) is 0 Å². The van der Waals surface area contributed by atoms with Gasteiger partial charge in [-0.2, -0.15) is 0 Å². The molecule has 0 radical (unpaired) electrons. The second kappa shape index (κ2) is 10.8. The first kappa shape index (κ1) is 14.3. The Morgan fingerprint density at radius 3 is 1.50 bits per heavy atom. The second-order valence-electron chi connectivity index (χ2n) is 2.32. The Kier molecular flexibility index (Phi) is 12.9. The minimum Gasteiger partial charge on any atom is -0.394 e. The van der Waals surface area contributed by atoms with Gasteiger partial charge in [0.2, 0.25) is 0 Å². The third-order valence-corrected chi connectivity index (χ3v) is 1.16. The zero-order chi connectivity index (χ0) is 9.98. The molecule has 0 fully saturated rings. The van der Waals surface area contributed by atoms with Crippen LogP contribution in [0.1, 0.15) is 13.3 Å². The van der Waals surface area contributed by atoms with Crippen molar-refractivity contribution < 1.29 is 20.4 Å². The lowest BCUT2D eigenvalue weighted by Crippen LogP contribution is -2.22. The van der Waals surface area contributed by atoms with Crippen molar-refractivity contribution in [1.82, 2.24) is 0 Å². The maximum atomic E-state index is 8.42. The monoisotopic (exact) mass is 181 g/mol. The zero-order valence-electron chi connectivity index (χ0n) is 7.35. The summed E-state index contributed by atoms with van der Waals surface area (Å²) in [6.45, 7) is 1.60. The summed E-state index contributed by atoms with van der Waals surface area (Å²) in [5.41, 5.74) is 4.87. The predicted octanol–water partition coefficient (Wildman–Crippen LogP) is -1.95. The highest BCUT2D eigenvalue weighted by atomic mass is 16.3. The first-order valence-electron chi connectivity index (χ1n) is 3.90. The zero-order valence-corrected chi connectivity index (χ0v) is 7.35. The van der Waals surface area contributed by atoms with Gasteiger partial charge in [-0.1, -0.05) is 6.92 Å². The topological polar surface area (TPSA) is 107 Å². The van der Waals surface area contributed by atoms with E-state index in [-0.39, 0.29) is 19.8 Å². The quantitative estimate of drug-likeness (QED) is 0.346. The van der Waals surface area contributed by atoms with Crippen molar-refractivity contribution in [2.45, 2.75) is 25.6 Å². The van der Waals surface area contributed by atoms with Crippen molar-refractivity contribution in [3.8, 4) is 0 Å². The van der Waals surface area contributed by atoms with Crippen LogP contribution in [0.4, 0.5) is 0 Å². The molecule has 0 aromatic rings. The molecule has 2 unspecified atom stereocenters. The summed E-state index contributed by atoms with van der Waals surface area (Å²) in [6.07, 6.45) is -0.605. The van der Waals surface area contributed by atoms with Crippen molar-refractivity contribution in [2.24, 2.45) is 5.73 Å². The fourth-order valence-corrected chi connectivity index (χ4v) is 0.204. The fourth-order valence-electron chi connectivity index (χ4n) is 0.204. The predicted molar refractivity (Wildman–Crippen MR) is 45.5 cm³/mol. The highest BCUT2D eigenvalue weighted by molar-refractivity contribution is 4.48. The summed E-state index contributed by atoms with van der Waals surface area (Å²) in [6, 6.07) is 0. The van der Waals surface area contributed by atoms with Crippen molar-refractivity contribution in [1.29, 1.82) is 0 Å². The van der Waals surface area contributed by atoms with E-state index in [1.54, 1.807) is 0 Å². The van der Waals surface area contributed by atoms with Crippen LogP contribution in [0.15, 0.2) is 0 Å². The highest BCUT2D eigenvalue weighted by Crippen LogP contribution is 1.83. The maximum absolute atomic E-state index is 8.42. The Morgan fingerprint density at radius 2 is 1.50 bits per heavy atom. The van der Waals surface area contributed by atoms with Crippen LogP contribution in [-0.2, 0) is 0 Å². The molecule has 0 aliphatic rings. The summed E-state index contributed by atoms with van der Waals surface area (Å²) in [4.78, 5) is 0. The van der Waals surface area contributed by atoms with E-state index in [1.165, 1.54) is 0 Å². The molecule has 5 heteroatoms. The van der Waals surface area contributed by atoms with Gasteiger partial charge in [-0.15, -0.1) is 0 Å². The van der Waals surface area contributed by atoms with Crippen LogP contribution in [0.3, 0.4) is 0 Å². The van der Waals surface area contributed by atoms with Gasteiger partial charge < -0.3 is 26.2 Å². The van der Waals surface area contributed by atoms with Crippen LogP contribution in [0, 0.1) is 0 Å². The molecule has 0 saturated carbocycles. The van der Waals surface area contributed by atoms with E-state index in [1.807, 2.05) is 6.92 Å². The highest BCUT2D eigenvalue weighted by Gasteiger charge is 1.92. The molecule has 5 nitrogen and oxygen atoms in total. The standard InChI is InChI=1S/C4H10O2.C3H9NO2/c1-2-4(6)3-5;4-1-3(6)2-5/h4-6H,2-3H2,1H3;3,5-6H,1-2,4H2. The molecular weight excluding hydrogens is 162 g/mol. The Morgan fingerprint density at radius 1 is 1.08 bits per heavy atom. The molecule has 0 aliphatic heterocycles. The first-order chi connectivity index (χ1) is 5.62. The summed E-state index contributed by atoms with van der Waals surface area (Å²) in [5, 5.41) is 32.8. The molecule has 0 aromatic carbocycles. The number of aliphatic hydroxyl groups excluding tert-OH is 4. The van der Waals surface area contributed by atoms with Gasteiger partial charge in [0.25, 0.3) is 0 Å². The van der Waals surface area contributed by atoms with Crippen molar-refractivity contribution in [3.63, 3.8) is 0 Å². The van der Waals surface area contributed by atoms with Crippen LogP contribution in [0.25, 0.3) is 0 Å². The van der Waals surface area contributed by atoms with E-state index in [0.717, 1.165) is 0 Å². The lowest BCUT2D eigenvalue weighted by molar-refractivity contribution is 0.0923. The summed E-state index contributed by atoms with van der Waals surface area (Å²) < 4.78 is 0. The SMILES string of the molecule is CCC(O)CO.NCC(O)CO. The molecule has 0 saturated heterocycles. The molecule has 0 spiro atoms. The number of nitrogens with two attached hydrogens (primary N) is 1. The van der Waals surface area contributed by atoms with E-state index in [4.69, 9.17) is 26.2 Å². The van der Waals surface area contributed by atoms with Gasteiger partial charge in [0.05, 0.1) is 25.4 Å². The van der Waals surface area contributed by atoms with E-state index >= 15 is 0 Å². The molecule has 12 heavy (non-hydrogen) atoms. The van der Waals surface area contributed by atoms with Crippen LogP contribution in [-0.4, -0.2) is 52.4 Å². The molecular formula is C7H19NO4. The van der Waals surface area contributed by atoms with Crippen LogP contribution < -0.4 is 5.73 Å². The lowest BCUT2D eigenvalue weighted by Gasteiger charge is -1.97. The van der Waals surface area contributed by atoms with E-state index in [2.05, 4.69) is 0 Å². The Hall–Kier alpha value is -0.200. The average Bonchev–Trinajstić information content (AvgIpc) is 2.16.